The lowest BCUT2D eigenvalue weighted by Crippen LogP contribution is -2.60. The Labute approximate surface area is 323 Å². The van der Waals surface area contributed by atoms with Crippen LogP contribution in [-0.4, -0.2) is 118 Å². The summed E-state index contributed by atoms with van der Waals surface area (Å²) in [4.78, 5) is 25.2. The first-order valence-corrected chi connectivity index (χ1v) is 20.6. The van der Waals surface area contributed by atoms with Gasteiger partial charge < -0.3 is 55.5 Å². The average Bonchev–Trinajstić information content (AvgIpc) is 3.18. The van der Waals surface area contributed by atoms with Gasteiger partial charge in [-0.15, -0.1) is 0 Å². The summed E-state index contributed by atoms with van der Waals surface area (Å²) in [5.41, 5.74) is 0.582. The number of hydrogen-bond acceptors (Lipinski definition) is 11. The number of ether oxygens (including phenoxy) is 3. The third-order valence-electron chi connectivity index (χ3n) is 10.3. The van der Waals surface area contributed by atoms with Gasteiger partial charge in [0.25, 0.3) is 5.91 Å². The molecule has 0 spiro atoms. The standard InChI is InChI=1S/C41H72N2O11/c1-3-4-5-6-7-8-9-10-11-12-15-18-21-33(45)36(47)32(29-53-41-39(50)38(49)37(48)34(28-44)54-41)43-35(46)22-19-16-13-14-17-20-27-42-40(51)30-23-25-31(52-2)26-24-30/h23-26,32-34,36-39,41,44-45,47-50H,3-22,27-29H2,1-2H3,(H,42,51)(H,43,46)/t32-,33+,34+,36-,37-,38-,39+,41-/m0/s1. The molecule has 1 aromatic carbocycles. The van der Waals surface area contributed by atoms with Gasteiger partial charge in [-0.05, 0) is 43.5 Å². The third-order valence-corrected chi connectivity index (χ3v) is 10.3. The maximum absolute atomic E-state index is 13.0. The maximum Gasteiger partial charge on any atom is 0.251 e. The predicted molar refractivity (Wildman–Crippen MR) is 207 cm³/mol. The van der Waals surface area contributed by atoms with Gasteiger partial charge in [-0.1, -0.05) is 110 Å². The Morgan fingerprint density at radius 1 is 0.759 bits per heavy atom. The molecule has 13 heteroatoms. The van der Waals surface area contributed by atoms with Crippen LogP contribution in [0, 0.1) is 0 Å². The number of aliphatic hydroxyl groups excluding tert-OH is 6. The highest BCUT2D eigenvalue weighted by molar-refractivity contribution is 5.94. The molecular weight excluding hydrogens is 696 g/mol. The van der Waals surface area contributed by atoms with E-state index < -0.39 is 55.6 Å². The monoisotopic (exact) mass is 769 g/mol. The van der Waals surface area contributed by atoms with Crippen LogP contribution in [0.4, 0.5) is 0 Å². The smallest absolute Gasteiger partial charge is 0.251 e. The fourth-order valence-corrected chi connectivity index (χ4v) is 6.71. The van der Waals surface area contributed by atoms with E-state index in [1.165, 1.54) is 51.4 Å². The molecule has 1 aliphatic heterocycles. The number of aliphatic hydroxyl groups is 6. The van der Waals surface area contributed by atoms with Gasteiger partial charge in [0.1, 0.15) is 36.3 Å². The predicted octanol–water partition coefficient (Wildman–Crippen LogP) is 4.27. The van der Waals surface area contributed by atoms with Crippen molar-refractivity contribution in [2.75, 3.05) is 26.9 Å². The number of carbonyl (C=O) groups excluding carboxylic acids is 2. The number of benzene rings is 1. The lowest BCUT2D eigenvalue weighted by molar-refractivity contribution is -0.303. The first kappa shape index (κ1) is 47.8. The van der Waals surface area contributed by atoms with E-state index in [0.29, 0.717) is 30.7 Å². The summed E-state index contributed by atoms with van der Waals surface area (Å²) in [6.45, 7) is 1.84. The molecule has 312 valence electrons. The number of hydrogen-bond donors (Lipinski definition) is 8. The van der Waals surface area contributed by atoms with Gasteiger partial charge in [-0.25, -0.2) is 0 Å². The zero-order valence-electron chi connectivity index (χ0n) is 32.9. The molecule has 0 aliphatic carbocycles. The second-order valence-electron chi connectivity index (χ2n) is 14.8. The molecule has 0 saturated carbocycles. The zero-order valence-corrected chi connectivity index (χ0v) is 32.9. The molecule has 8 atom stereocenters. The summed E-state index contributed by atoms with van der Waals surface area (Å²) < 4.78 is 16.2. The van der Waals surface area contributed by atoms with E-state index >= 15 is 0 Å². The van der Waals surface area contributed by atoms with Gasteiger partial charge in [-0.3, -0.25) is 9.59 Å². The highest BCUT2D eigenvalue weighted by atomic mass is 16.7. The van der Waals surface area contributed by atoms with E-state index in [-0.39, 0.29) is 24.8 Å². The highest BCUT2D eigenvalue weighted by Crippen LogP contribution is 2.23. The van der Waals surface area contributed by atoms with Gasteiger partial charge in [0.2, 0.25) is 5.91 Å². The number of methoxy groups -OCH3 is 1. The van der Waals surface area contributed by atoms with Crippen LogP contribution in [0.25, 0.3) is 0 Å². The van der Waals surface area contributed by atoms with Crippen molar-refractivity contribution < 1.29 is 54.4 Å². The number of unbranched alkanes of at least 4 members (excludes halogenated alkanes) is 16. The van der Waals surface area contributed by atoms with E-state index in [2.05, 4.69) is 17.6 Å². The summed E-state index contributed by atoms with van der Waals surface area (Å²) in [5.74, 6) is 0.249. The molecule has 8 N–H and O–H groups in total. The van der Waals surface area contributed by atoms with Gasteiger partial charge in [-0.2, -0.15) is 0 Å². The quantitative estimate of drug-likeness (QED) is 0.0501. The van der Waals surface area contributed by atoms with E-state index in [1.54, 1.807) is 31.4 Å². The van der Waals surface area contributed by atoms with Gasteiger partial charge in [0.15, 0.2) is 6.29 Å². The summed E-state index contributed by atoms with van der Waals surface area (Å²) >= 11 is 0. The molecule has 1 aliphatic rings. The van der Waals surface area contributed by atoms with Crippen molar-refractivity contribution in [1.29, 1.82) is 0 Å². The Bertz CT molecular complexity index is 1110. The second-order valence-corrected chi connectivity index (χ2v) is 14.8. The molecular formula is C41H72N2O11. The first-order chi connectivity index (χ1) is 26.1. The fraction of sp³-hybridized carbons (Fsp3) is 0.805. The molecule has 1 heterocycles. The molecule has 2 amide bonds. The number of amides is 2. The number of nitrogens with one attached hydrogen (secondary N) is 2. The van der Waals surface area contributed by atoms with Crippen LogP contribution in [0.3, 0.4) is 0 Å². The Morgan fingerprint density at radius 3 is 1.89 bits per heavy atom. The Morgan fingerprint density at radius 2 is 1.31 bits per heavy atom. The van der Waals surface area contributed by atoms with Crippen molar-refractivity contribution in [1.82, 2.24) is 10.6 Å². The number of rotatable bonds is 31. The molecule has 0 unspecified atom stereocenters. The minimum absolute atomic E-state index is 0.123. The third kappa shape index (κ3) is 19.0. The lowest BCUT2D eigenvalue weighted by Gasteiger charge is -2.40. The molecule has 54 heavy (non-hydrogen) atoms. The molecule has 13 nitrogen and oxygen atoms in total. The van der Waals surface area contributed by atoms with E-state index in [4.69, 9.17) is 14.2 Å². The average molecular weight is 769 g/mol. The lowest BCUT2D eigenvalue weighted by atomic mass is 9.98. The summed E-state index contributed by atoms with van der Waals surface area (Å²) in [6.07, 6.45) is 9.86. The van der Waals surface area contributed by atoms with Crippen molar-refractivity contribution >= 4 is 11.8 Å². The number of carbonyl (C=O) groups is 2. The van der Waals surface area contributed by atoms with Gasteiger partial charge in [0, 0.05) is 18.5 Å². The Balaban J connectivity index is 1.73. The molecule has 1 saturated heterocycles. The zero-order chi connectivity index (χ0) is 39.6. The van der Waals surface area contributed by atoms with Gasteiger partial charge in [0.05, 0.1) is 32.5 Å². The van der Waals surface area contributed by atoms with Crippen molar-refractivity contribution in [2.45, 2.75) is 184 Å². The van der Waals surface area contributed by atoms with Crippen molar-refractivity contribution in [2.24, 2.45) is 0 Å². The van der Waals surface area contributed by atoms with Gasteiger partial charge >= 0.3 is 0 Å². The van der Waals surface area contributed by atoms with Crippen LogP contribution >= 0.6 is 0 Å². The minimum Gasteiger partial charge on any atom is -0.497 e. The Kier molecular flexibility index (Phi) is 25.6. The SMILES string of the molecule is CCCCCCCCCCCCCC[C@@H](O)[C@@H](O)[C@H](CO[C@H]1O[C@H](CO)[C@H](O)[C@H](O)[C@H]1O)NC(=O)CCCCCCCCNC(=O)c1ccc(OC)cc1. The van der Waals surface area contributed by atoms with Crippen LogP contribution in [-0.2, 0) is 14.3 Å². The topological polar surface area (TPSA) is 207 Å². The molecule has 1 fully saturated rings. The van der Waals surface area contributed by atoms with Crippen LogP contribution < -0.4 is 15.4 Å². The van der Waals surface area contributed by atoms with E-state index in [0.717, 1.165) is 57.8 Å². The van der Waals surface area contributed by atoms with Crippen molar-refractivity contribution in [3.05, 3.63) is 29.8 Å². The fourth-order valence-electron chi connectivity index (χ4n) is 6.71. The van der Waals surface area contributed by atoms with Crippen LogP contribution in [0.2, 0.25) is 0 Å². The first-order valence-electron chi connectivity index (χ1n) is 20.6. The van der Waals surface area contributed by atoms with Crippen molar-refractivity contribution in [3.8, 4) is 5.75 Å². The summed E-state index contributed by atoms with van der Waals surface area (Å²) in [6, 6.07) is 5.91. The van der Waals surface area contributed by atoms with Crippen LogP contribution in [0.5, 0.6) is 5.75 Å². The largest absolute Gasteiger partial charge is 0.497 e. The Hall–Kier alpha value is -2.36. The van der Waals surface area contributed by atoms with E-state index in [1.807, 2.05) is 0 Å². The highest BCUT2D eigenvalue weighted by Gasteiger charge is 2.44. The van der Waals surface area contributed by atoms with Crippen LogP contribution in [0.15, 0.2) is 24.3 Å². The van der Waals surface area contributed by atoms with Crippen LogP contribution in [0.1, 0.15) is 146 Å². The normalized spacial score (nSPS) is 21.7. The summed E-state index contributed by atoms with van der Waals surface area (Å²) in [5, 5.41) is 67.9. The second kappa shape index (κ2) is 29.0. The molecule has 0 aromatic heterocycles. The molecule has 1 aromatic rings. The molecule has 2 rings (SSSR count). The van der Waals surface area contributed by atoms with Crippen molar-refractivity contribution in [3.63, 3.8) is 0 Å². The minimum atomic E-state index is -1.63. The maximum atomic E-state index is 13.0. The molecule has 0 bridgehead atoms. The summed E-state index contributed by atoms with van der Waals surface area (Å²) in [7, 11) is 1.58. The molecule has 0 radical (unpaired) electrons. The van der Waals surface area contributed by atoms with E-state index in [9.17, 15) is 40.2 Å².